The minimum Gasteiger partial charge on any atom is -0.309 e. The summed E-state index contributed by atoms with van der Waals surface area (Å²) in [7, 11) is 0. The third-order valence-corrected chi connectivity index (χ3v) is 7.08. The number of aromatic nitrogens is 1. The maximum Gasteiger partial charge on any atom is 0.0541 e. The Morgan fingerprint density at radius 2 is 1.48 bits per heavy atom. The molecule has 4 aromatic carbocycles. The predicted octanol–water partition coefficient (Wildman–Crippen LogP) is 8.43. The summed E-state index contributed by atoms with van der Waals surface area (Å²) < 4.78 is 4.80. The van der Waals surface area contributed by atoms with Gasteiger partial charge in [0.25, 0.3) is 0 Å². The SMILES string of the molecule is Brc1cc2sccc2cc1-c1ccc2c(c1)c1ccccc1n2-c1ccccc1. The van der Waals surface area contributed by atoms with Gasteiger partial charge in [0, 0.05) is 25.6 Å². The average molecular weight is 454 g/mol. The Morgan fingerprint density at radius 1 is 0.690 bits per heavy atom. The summed E-state index contributed by atoms with van der Waals surface area (Å²) in [6, 6.07) is 32.8. The molecule has 0 saturated heterocycles. The quantitative estimate of drug-likeness (QED) is 0.247. The van der Waals surface area contributed by atoms with Gasteiger partial charge in [0.1, 0.15) is 0 Å². The number of nitrogens with zero attached hydrogens (tertiary/aromatic N) is 1. The number of fused-ring (bicyclic) bond motifs is 4. The molecule has 0 fully saturated rings. The summed E-state index contributed by atoms with van der Waals surface area (Å²) in [5.74, 6) is 0. The van der Waals surface area contributed by atoms with Crippen LogP contribution in [0.25, 0.3) is 48.7 Å². The third-order valence-electron chi connectivity index (χ3n) is 5.54. The molecule has 0 amide bonds. The number of para-hydroxylation sites is 2. The lowest BCUT2D eigenvalue weighted by atomic mass is 10.0. The topological polar surface area (TPSA) is 4.93 Å². The van der Waals surface area contributed by atoms with Gasteiger partial charge in [-0.05, 0) is 70.4 Å². The van der Waals surface area contributed by atoms with Crippen LogP contribution in [0.5, 0.6) is 0 Å². The molecule has 29 heavy (non-hydrogen) atoms. The van der Waals surface area contributed by atoms with Crippen LogP contribution < -0.4 is 0 Å². The minimum absolute atomic E-state index is 1.14. The fourth-order valence-electron chi connectivity index (χ4n) is 4.20. The van der Waals surface area contributed by atoms with Crippen molar-refractivity contribution in [3.05, 3.63) is 101 Å². The van der Waals surface area contributed by atoms with Crippen LogP contribution in [0.4, 0.5) is 0 Å². The molecule has 1 nitrogen and oxygen atoms in total. The lowest BCUT2D eigenvalue weighted by Crippen LogP contribution is -1.92. The molecule has 2 aromatic heterocycles. The van der Waals surface area contributed by atoms with Crippen molar-refractivity contribution in [3.8, 4) is 16.8 Å². The first-order chi connectivity index (χ1) is 14.3. The van der Waals surface area contributed by atoms with Crippen molar-refractivity contribution in [2.24, 2.45) is 0 Å². The number of hydrogen-bond donors (Lipinski definition) is 0. The van der Waals surface area contributed by atoms with Crippen molar-refractivity contribution in [1.29, 1.82) is 0 Å². The van der Waals surface area contributed by atoms with Crippen LogP contribution in [0.1, 0.15) is 0 Å². The van der Waals surface area contributed by atoms with Crippen molar-refractivity contribution in [2.75, 3.05) is 0 Å². The van der Waals surface area contributed by atoms with Gasteiger partial charge >= 0.3 is 0 Å². The molecule has 0 aliphatic rings. The van der Waals surface area contributed by atoms with E-state index in [1.165, 1.54) is 48.7 Å². The molecule has 6 rings (SSSR count). The molecule has 138 valence electrons. The van der Waals surface area contributed by atoms with Gasteiger partial charge in [0.2, 0.25) is 0 Å². The lowest BCUT2D eigenvalue weighted by molar-refractivity contribution is 1.18. The van der Waals surface area contributed by atoms with Crippen molar-refractivity contribution < 1.29 is 0 Å². The zero-order valence-corrected chi connectivity index (χ0v) is 17.9. The molecule has 0 bridgehead atoms. The van der Waals surface area contributed by atoms with E-state index in [1.54, 1.807) is 11.3 Å². The third kappa shape index (κ3) is 2.65. The van der Waals surface area contributed by atoms with Crippen LogP contribution in [0.15, 0.2) is 101 Å². The highest BCUT2D eigenvalue weighted by Gasteiger charge is 2.14. The van der Waals surface area contributed by atoms with Crippen molar-refractivity contribution >= 4 is 59.2 Å². The maximum absolute atomic E-state index is 3.80. The second-order valence-corrected chi connectivity index (χ2v) is 9.01. The fourth-order valence-corrected chi connectivity index (χ4v) is 5.74. The Morgan fingerprint density at radius 3 is 2.38 bits per heavy atom. The largest absolute Gasteiger partial charge is 0.309 e. The van der Waals surface area contributed by atoms with E-state index in [0.29, 0.717) is 0 Å². The first kappa shape index (κ1) is 17.0. The van der Waals surface area contributed by atoms with Crippen LogP contribution in [-0.2, 0) is 0 Å². The van der Waals surface area contributed by atoms with E-state index in [2.05, 4.69) is 117 Å². The number of thiophene rings is 1. The average Bonchev–Trinajstić information content (AvgIpc) is 3.35. The normalized spacial score (nSPS) is 11.6. The molecule has 0 unspecified atom stereocenters. The zero-order valence-electron chi connectivity index (χ0n) is 15.5. The Bertz CT molecular complexity index is 1510. The highest BCUT2D eigenvalue weighted by Crippen LogP contribution is 2.38. The molecular weight excluding hydrogens is 438 g/mol. The smallest absolute Gasteiger partial charge is 0.0541 e. The van der Waals surface area contributed by atoms with Crippen LogP contribution in [0.2, 0.25) is 0 Å². The number of benzene rings is 4. The van der Waals surface area contributed by atoms with Gasteiger partial charge in [0.15, 0.2) is 0 Å². The van der Waals surface area contributed by atoms with Crippen molar-refractivity contribution in [3.63, 3.8) is 0 Å². The molecule has 0 aliphatic carbocycles. The summed E-state index contributed by atoms with van der Waals surface area (Å²) in [5.41, 5.74) is 6.11. The zero-order chi connectivity index (χ0) is 19.4. The van der Waals surface area contributed by atoms with Gasteiger partial charge in [-0.2, -0.15) is 0 Å². The van der Waals surface area contributed by atoms with E-state index in [4.69, 9.17) is 0 Å². The van der Waals surface area contributed by atoms with E-state index < -0.39 is 0 Å². The lowest BCUT2D eigenvalue weighted by Gasteiger charge is -2.09. The Labute approximate surface area is 181 Å². The Balaban J connectivity index is 1.66. The van der Waals surface area contributed by atoms with Gasteiger partial charge < -0.3 is 4.57 Å². The molecular formula is C26H16BrNS. The molecule has 0 N–H and O–H groups in total. The molecule has 3 heteroatoms. The van der Waals surface area contributed by atoms with E-state index in [0.717, 1.165) is 4.47 Å². The summed E-state index contributed by atoms with van der Waals surface area (Å²) in [6.07, 6.45) is 0. The van der Waals surface area contributed by atoms with Crippen molar-refractivity contribution in [1.82, 2.24) is 4.57 Å². The first-order valence-electron chi connectivity index (χ1n) is 9.55. The second kappa shape index (κ2) is 6.58. The first-order valence-corrected chi connectivity index (χ1v) is 11.2. The van der Waals surface area contributed by atoms with Gasteiger partial charge in [-0.25, -0.2) is 0 Å². The molecule has 2 heterocycles. The summed E-state index contributed by atoms with van der Waals surface area (Å²) >= 11 is 5.57. The van der Waals surface area contributed by atoms with E-state index in [1.807, 2.05) is 0 Å². The number of halogens is 1. The van der Waals surface area contributed by atoms with Gasteiger partial charge in [0.05, 0.1) is 11.0 Å². The van der Waals surface area contributed by atoms with Crippen LogP contribution in [0.3, 0.4) is 0 Å². The molecule has 6 aromatic rings. The molecule has 0 saturated carbocycles. The summed E-state index contributed by atoms with van der Waals surface area (Å²) in [5, 5.41) is 6.00. The van der Waals surface area contributed by atoms with E-state index in [-0.39, 0.29) is 0 Å². The van der Waals surface area contributed by atoms with Gasteiger partial charge in [-0.3, -0.25) is 0 Å². The summed E-state index contributed by atoms with van der Waals surface area (Å²) in [4.78, 5) is 0. The minimum atomic E-state index is 1.14. The predicted molar refractivity (Wildman–Crippen MR) is 129 cm³/mol. The highest BCUT2D eigenvalue weighted by molar-refractivity contribution is 9.10. The molecule has 0 radical (unpaired) electrons. The fraction of sp³-hybridized carbons (Fsp3) is 0. The van der Waals surface area contributed by atoms with Crippen molar-refractivity contribution in [2.45, 2.75) is 0 Å². The highest BCUT2D eigenvalue weighted by atomic mass is 79.9. The molecule has 0 spiro atoms. The maximum atomic E-state index is 3.80. The number of hydrogen-bond acceptors (Lipinski definition) is 1. The standard InChI is InChI=1S/C26H16BrNS/c27-23-16-26-18(12-13-29-26)15-21(23)17-10-11-25-22(14-17)20-8-4-5-9-24(20)28(25)19-6-2-1-3-7-19/h1-16H. The Hall–Kier alpha value is -2.88. The van der Waals surface area contributed by atoms with Crippen LogP contribution in [0, 0.1) is 0 Å². The number of rotatable bonds is 2. The molecule has 0 aliphatic heterocycles. The van der Waals surface area contributed by atoms with E-state index >= 15 is 0 Å². The Kier molecular flexibility index (Phi) is 3.86. The van der Waals surface area contributed by atoms with Crippen LogP contribution >= 0.6 is 27.3 Å². The van der Waals surface area contributed by atoms with E-state index in [9.17, 15) is 0 Å². The second-order valence-electron chi connectivity index (χ2n) is 7.21. The summed E-state index contributed by atoms with van der Waals surface area (Å²) in [6.45, 7) is 0. The monoisotopic (exact) mass is 453 g/mol. The van der Waals surface area contributed by atoms with Crippen LogP contribution in [-0.4, -0.2) is 4.57 Å². The van der Waals surface area contributed by atoms with Gasteiger partial charge in [-0.1, -0.05) is 58.4 Å². The van der Waals surface area contributed by atoms with Gasteiger partial charge in [-0.15, -0.1) is 11.3 Å². The molecule has 0 atom stereocenters.